The molecular weight excluding hydrogens is 380 g/mol. The molecule has 7 nitrogen and oxygen atoms in total. The number of fused-ring (bicyclic) bond motifs is 1. The van der Waals surface area contributed by atoms with Gasteiger partial charge >= 0.3 is 5.97 Å². The van der Waals surface area contributed by atoms with Gasteiger partial charge in [-0.3, -0.25) is 4.98 Å². The molecule has 0 radical (unpaired) electrons. The van der Waals surface area contributed by atoms with Crippen LogP contribution in [0.5, 0.6) is 5.75 Å². The van der Waals surface area contributed by atoms with Crippen LogP contribution in [0.2, 0.25) is 0 Å². The predicted octanol–water partition coefficient (Wildman–Crippen LogP) is 3.62. The summed E-state index contributed by atoms with van der Waals surface area (Å²) in [5, 5.41) is 21.9. The van der Waals surface area contributed by atoms with Crippen LogP contribution in [0.15, 0.2) is 48.9 Å². The number of carboxylic acid groups (broad SMARTS) is 1. The lowest BCUT2D eigenvalue weighted by molar-refractivity contribution is 0.0697. The molecule has 0 amide bonds. The molecule has 0 fully saturated rings. The number of nitrogens with zero attached hydrogens (tertiary/aromatic N) is 3. The van der Waals surface area contributed by atoms with Crippen LogP contribution in [0.25, 0.3) is 22.0 Å². The average molecular weight is 404 g/mol. The summed E-state index contributed by atoms with van der Waals surface area (Å²) in [7, 11) is 5.66. The molecule has 0 saturated carbocycles. The third kappa shape index (κ3) is 3.33. The van der Waals surface area contributed by atoms with Crippen molar-refractivity contribution in [3.8, 4) is 16.9 Å². The van der Waals surface area contributed by atoms with E-state index in [-0.39, 0.29) is 11.3 Å². The number of aryl methyl sites for hydroxylation is 1. The Hall–Kier alpha value is -3.58. The molecule has 0 saturated heterocycles. The number of phenols is 1. The largest absolute Gasteiger partial charge is 0.507 e. The number of pyridine rings is 1. The van der Waals surface area contributed by atoms with Crippen molar-refractivity contribution in [1.82, 2.24) is 19.4 Å². The monoisotopic (exact) mass is 404 g/mol. The fourth-order valence-corrected chi connectivity index (χ4v) is 4.02. The Morgan fingerprint density at radius 1 is 1.27 bits per heavy atom. The molecule has 7 heteroatoms. The number of phenolic OH excluding ortho intramolecular Hbond substituents is 1. The first-order valence-corrected chi connectivity index (χ1v) is 9.65. The van der Waals surface area contributed by atoms with Crippen molar-refractivity contribution >= 4 is 16.9 Å². The van der Waals surface area contributed by atoms with E-state index in [1.165, 1.54) is 0 Å². The van der Waals surface area contributed by atoms with Crippen molar-refractivity contribution in [2.75, 3.05) is 14.1 Å². The van der Waals surface area contributed by atoms with E-state index in [1.807, 2.05) is 67.1 Å². The van der Waals surface area contributed by atoms with Crippen molar-refractivity contribution < 1.29 is 15.0 Å². The lowest BCUT2D eigenvalue weighted by Crippen LogP contribution is -2.12. The van der Waals surface area contributed by atoms with Gasteiger partial charge in [0.15, 0.2) is 0 Å². The smallest absolute Gasteiger partial charge is 0.338 e. The van der Waals surface area contributed by atoms with Gasteiger partial charge in [0.2, 0.25) is 0 Å². The molecule has 3 heterocycles. The van der Waals surface area contributed by atoms with Gasteiger partial charge in [-0.25, -0.2) is 4.79 Å². The number of benzene rings is 1. The number of hydrogen-bond donors (Lipinski definition) is 3. The van der Waals surface area contributed by atoms with Crippen LogP contribution in [0.1, 0.15) is 27.3 Å². The summed E-state index contributed by atoms with van der Waals surface area (Å²) in [5.41, 5.74) is 4.62. The molecule has 154 valence electrons. The van der Waals surface area contributed by atoms with Gasteiger partial charge in [-0.2, -0.15) is 0 Å². The molecule has 0 aliphatic rings. The van der Waals surface area contributed by atoms with E-state index < -0.39 is 5.97 Å². The number of carboxylic acids is 1. The number of aromatic nitrogens is 3. The zero-order valence-electron chi connectivity index (χ0n) is 17.2. The molecule has 1 aromatic carbocycles. The van der Waals surface area contributed by atoms with E-state index >= 15 is 0 Å². The normalized spacial score (nSPS) is 11.5. The molecule has 0 atom stereocenters. The van der Waals surface area contributed by atoms with E-state index in [1.54, 1.807) is 12.4 Å². The maximum Gasteiger partial charge on any atom is 0.338 e. The number of rotatable bonds is 6. The molecule has 3 aromatic heterocycles. The van der Waals surface area contributed by atoms with Gasteiger partial charge in [0.1, 0.15) is 5.75 Å². The quantitative estimate of drug-likeness (QED) is 0.456. The van der Waals surface area contributed by atoms with Crippen LogP contribution < -0.4 is 0 Å². The maximum absolute atomic E-state index is 12.4. The Labute approximate surface area is 174 Å². The summed E-state index contributed by atoms with van der Waals surface area (Å²) in [6, 6.07) is 9.37. The highest BCUT2D eigenvalue weighted by Crippen LogP contribution is 2.41. The lowest BCUT2D eigenvalue weighted by atomic mass is 9.96. The second-order valence-corrected chi connectivity index (χ2v) is 7.68. The zero-order chi connectivity index (χ0) is 21.4. The van der Waals surface area contributed by atoms with Crippen LogP contribution in [-0.4, -0.2) is 49.7 Å². The van der Waals surface area contributed by atoms with Gasteiger partial charge < -0.3 is 24.7 Å². The summed E-state index contributed by atoms with van der Waals surface area (Å²) in [4.78, 5) is 21.6. The summed E-state index contributed by atoms with van der Waals surface area (Å²) in [5.74, 6) is -0.917. The van der Waals surface area contributed by atoms with Gasteiger partial charge in [-0.05, 0) is 38.4 Å². The van der Waals surface area contributed by atoms with Crippen molar-refractivity contribution in [3.63, 3.8) is 0 Å². The number of carbonyl (C=O) groups is 1. The highest BCUT2D eigenvalue weighted by molar-refractivity contribution is 6.08. The molecule has 0 aliphatic heterocycles. The van der Waals surface area contributed by atoms with Crippen molar-refractivity contribution in [2.24, 2.45) is 7.05 Å². The SMILES string of the molecule is CN(C)Cc1c(O)c(-c2cccnc2)cc2c1c(C(=O)O)c(Cc1ccc[nH]1)n2C. The van der Waals surface area contributed by atoms with Gasteiger partial charge in [-0.1, -0.05) is 6.07 Å². The summed E-state index contributed by atoms with van der Waals surface area (Å²) < 4.78 is 1.91. The fraction of sp³-hybridized carbons (Fsp3) is 0.217. The first-order valence-electron chi connectivity index (χ1n) is 9.65. The van der Waals surface area contributed by atoms with E-state index in [0.717, 1.165) is 16.8 Å². The number of aromatic carboxylic acids is 1. The molecule has 0 aliphatic carbocycles. The summed E-state index contributed by atoms with van der Waals surface area (Å²) in [6.45, 7) is 0.405. The minimum Gasteiger partial charge on any atom is -0.507 e. The average Bonchev–Trinajstić information content (AvgIpc) is 3.31. The molecule has 0 bridgehead atoms. The topological polar surface area (TPSA) is 94.4 Å². The Morgan fingerprint density at radius 3 is 2.67 bits per heavy atom. The first-order chi connectivity index (χ1) is 14.4. The maximum atomic E-state index is 12.4. The van der Waals surface area contributed by atoms with Crippen molar-refractivity contribution in [2.45, 2.75) is 13.0 Å². The van der Waals surface area contributed by atoms with Crippen molar-refractivity contribution in [3.05, 3.63) is 71.4 Å². The number of aromatic amines is 1. The second kappa shape index (κ2) is 7.68. The molecule has 3 N–H and O–H groups in total. The number of H-pyrrole nitrogens is 1. The Balaban J connectivity index is 2.07. The van der Waals surface area contributed by atoms with E-state index in [0.29, 0.717) is 35.2 Å². The van der Waals surface area contributed by atoms with Crippen molar-refractivity contribution in [1.29, 1.82) is 0 Å². The Bertz CT molecular complexity index is 1210. The van der Waals surface area contributed by atoms with Crippen LogP contribution >= 0.6 is 0 Å². The van der Waals surface area contributed by atoms with Gasteiger partial charge in [0.05, 0.1) is 11.1 Å². The van der Waals surface area contributed by atoms with Gasteiger partial charge in [0.25, 0.3) is 0 Å². The molecule has 0 spiro atoms. The summed E-state index contributed by atoms with van der Waals surface area (Å²) >= 11 is 0. The fourth-order valence-electron chi connectivity index (χ4n) is 4.02. The van der Waals surface area contributed by atoms with E-state index in [4.69, 9.17) is 0 Å². The van der Waals surface area contributed by atoms with Gasteiger partial charge in [0, 0.05) is 72.1 Å². The molecule has 0 unspecified atom stereocenters. The standard InChI is InChI=1S/C23H24N4O3/c1-26(2)13-17-20-19(11-16(22(17)28)14-6-4-8-24-12-14)27(3)18(21(20)23(29)30)10-15-7-5-9-25-15/h4-9,11-12,25,28H,10,13H2,1-3H3,(H,29,30). The van der Waals surface area contributed by atoms with E-state index in [2.05, 4.69) is 9.97 Å². The number of hydrogen-bond acceptors (Lipinski definition) is 4. The molecular formula is C23H24N4O3. The zero-order valence-corrected chi connectivity index (χ0v) is 17.2. The number of nitrogens with one attached hydrogen (secondary N) is 1. The Morgan fingerprint density at radius 2 is 2.07 bits per heavy atom. The second-order valence-electron chi connectivity index (χ2n) is 7.68. The molecule has 30 heavy (non-hydrogen) atoms. The minimum absolute atomic E-state index is 0.0868. The first kappa shape index (κ1) is 19.7. The lowest BCUT2D eigenvalue weighted by Gasteiger charge is -2.16. The minimum atomic E-state index is -1.00. The third-order valence-electron chi connectivity index (χ3n) is 5.37. The molecule has 4 rings (SSSR count). The van der Waals surface area contributed by atoms with E-state index in [9.17, 15) is 15.0 Å². The Kier molecular flexibility index (Phi) is 5.05. The van der Waals surface area contributed by atoms with Gasteiger partial charge in [-0.15, -0.1) is 0 Å². The summed E-state index contributed by atoms with van der Waals surface area (Å²) in [6.07, 6.45) is 5.65. The highest BCUT2D eigenvalue weighted by Gasteiger charge is 2.27. The number of aromatic hydroxyl groups is 1. The van der Waals surface area contributed by atoms with Crippen LogP contribution in [0.3, 0.4) is 0 Å². The van der Waals surface area contributed by atoms with Crippen LogP contribution in [-0.2, 0) is 20.0 Å². The molecule has 4 aromatic rings. The predicted molar refractivity (Wildman–Crippen MR) is 116 cm³/mol. The van der Waals surface area contributed by atoms with Crippen LogP contribution in [0, 0.1) is 0 Å². The third-order valence-corrected chi connectivity index (χ3v) is 5.37. The van der Waals surface area contributed by atoms with Crippen LogP contribution in [0.4, 0.5) is 0 Å². The highest BCUT2D eigenvalue weighted by atomic mass is 16.4.